The number of carbonyl (C=O) groups excluding carboxylic acids is 2. The Morgan fingerprint density at radius 2 is 1.32 bits per heavy atom. The Hall–Kier alpha value is -2.60. The van der Waals surface area contributed by atoms with E-state index in [1.54, 1.807) is 12.1 Å². The molecule has 0 bridgehead atoms. The van der Waals surface area contributed by atoms with Crippen molar-refractivity contribution in [1.29, 1.82) is 0 Å². The van der Waals surface area contributed by atoms with Crippen molar-refractivity contribution >= 4 is 27.5 Å². The van der Waals surface area contributed by atoms with Gasteiger partial charge in [-0.1, -0.05) is 89.6 Å². The van der Waals surface area contributed by atoms with Gasteiger partial charge >= 0.3 is 0 Å². The molecule has 2 fully saturated rings. The Morgan fingerprint density at radius 3 is 1.91 bits per heavy atom. The summed E-state index contributed by atoms with van der Waals surface area (Å²) < 4.78 is 13.6. The number of carbonyl (C=O) groups is 2. The number of fused-ring (bicyclic) bond motifs is 1. The van der Waals surface area contributed by atoms with E-state index in [9.17, 15) is 9.59 Å². The van der Waals surface area contributed by atoms with Gasteiger partial charge in [-0.3, -0.25) is 9.59 Å². The fraction of sp³-hybridized carbons (Fsp3) is 0.310. The lowest BCUT2D eigenvalue weighted by molar-refractivity contribution is -0.227. The molecule has 1 saturated heterocycles. The fourth-order valence-corrected chi connectivity index (χ4v) is 6.93. The number of rotatable bonds is 2. The minimum atomic E-state index is -1.27. The van der Waals surface area contributed by atoms with Gasteiger partial charge in [0.2, 0.25) is 0 Å². The van der Waals surface area contributed by atoms with Crippen molar-refractivity contribution in [2.75, 3.05) is 13.2 Å². The van der Waals surface area contributed by atoms with Gasteiger partial charge in [0.05, 0.1) is 13.2 Å². The molecule has 3 aromatic carbocycles. The highest BCUT2D eigenvalue weighted by molar-refractivity contribution is 9.10. The lowest BCUT2D eigenvalue weighted by Crippen LogP contribution is -2.59. The van der Waals surface area contributed by atoms with Crippen LogP contribution in [-0.4, -0.2) is 30.6 Å². The zero-order valence-electron chi connectivity index (χ0n) is 18.9. The van der Waals surface area contributed by atoms with E-state index >= 15 is 0 Å². The first-order valence-corrected chi connectivity index (χ1v) is 12.6. The molecule has 5 heteroatoms. The van der Waals surface area contributed by atoms with E-state index in [-0.39, 0.29) is 17.5 Å². The molecule has 1 saturated carbocycles. The zero-order valence-corrected chi connectivity index (χ0v) is 20.5. The molecule has 1 heterocycles. The summed E-state index contributed by atoms with van der Waals surface area (Å²) >= 11 is 3.53. The Bertz CT molecular complexity index is 1230. The summed E-state index contributed by atoms with van der Waals surface area (Å²) in [6.07, 6.45) is 0.449. The molecule has 2 spiro atoms. The van der Waals surface area contributed by atoms with Gasteiger partial charge in [-0.15, -0.1) is 0 Å². The molecule has 4 nitrogen and oxygen atoms in total. The molecule has 1 aliphatic heterocycles. The first-order chi connectivity index (χ1) is 16.5. The average Bonchev–Trinajstić information content (AvgIpc) is 3.42. The summed E-state index contributed by atoms with van der Waals surface area (Å²) in [6.45, 7) is 3.09. The number of ketones is 2. The largest absolute Gasteiger partial charge is 0.347 e. The molecular formula is C29H25BrO4. The highest BCUT2D eigenvalue weighted by atomic mass is 79.9. The van der Waals surface area contributed by atoms with E-state index in [1.807, 2.05) is 66.7 Å². The van der Waals surface area contributed by atoms with Gasteiger partial charge in [-0.25, -0.2) is 0 Å². The summed E-state index contributed by atoms with van der Waals surface area (Å²) in [5.74, 6) is -2.02. The van der Waals surface area contributed by atoms with Crippen LogP contribution >= 0.6 is 15.9 Å². The molecule has 172 valence electrons. The van der Waals surface area contributed by atoms with Crippen LogP contribution in [0.15, 0.2) is 83.3 Å². The van der Waals surface area contributed by atoms with E-state index in [0.717, 1.165) is 15.6 Å². The first kappa shape index (κ1) is 21.9. The van der Waals surface area contributed by atoms with Crippen LogP contribution in [0.2, 0.25) is 0 Å². The van der Waals surface area contributed by atoms with Crippen LogP contribution in [0.5, 0.6) is 0 Å². The SMILES string of the molecule is C[C@@H]1[C@@H](c2ccccc2)C2(C(=O)c3ccccc3C2=O)[C@@H](c2ccc(Br)cc2)CC12OCCO2. The summed E-state index contributed by atoms with van der Waals surface area (Å²) in [7, 11) is 0. The second-order valence-electron chi connectivity index (χ2n) is 9.57. The Labute approximate surface area is 207 Å². The quantitative estimate of drug-likeness (QED) is 0.382. The minimum Gasteiger partial charge on any atom is -0.347 e. The predicted molar refractivity (Wildman–Crippen MR) is 132 cm³/mol. The number of hydrogen-bond donors (Lipinski definition) is 0. The summed E-state index contributed by atoms with van der Waals surface area (Å²) in [6, 6.07) is 25.2. The number of halogens is 1. The predicted octanol–water partition coefficient (Wildman–Crippen LogP) is 6.17. The highest BCUT2D eigenvalue weighted by Crippen LogP contribution is 2.65. The average molecular weight is 517 g/mol. The third-order valence-electron chi connectivity index (χ3n) is 8.10. The smallest absolute Gasteiger partial charge is 0.178 e. The standard InChI is InChI=1S/C29H25BrO4/c1-18-25(20-7-3-2-4-8-20)29(26(31)22-9-5-6-10-23(22)27(29)32)24(17-28(18)33-15-16-34-28)19-11-13-21(30)14-12-19/h2-14,18,24-25H,15-17H2,1H3/t18-,24-,25+/m1/s1. The van der Waals surface area contributed by atoms with Gasteiger partial charge in [0.25, 0.3) is 0 Å². The lowest BCUT2D eigenvalue weighted by Gasteiger charge is -2.54. The van der Waals surface area contributed by atoms with Crippen LogP contribution in [0.3, 0.4) is 0 Å². The van der Waals surface area contributed by atoms with Gasteiger partial charge in [0.15, 0.2) is 17.4 Å². The van der Waals surface area contributed by atoms with Crippen molar-refractivity contribution < 1.29 is 19.1 Å². The van der Waals surface area contributed by atoms with Crippen molar-refractivity contribution in [3.63, 3.8) is 0 Å². The fourth-order valence-electron chi connectivity index (χ4n) is 6.66. The van der Waals surface area contributed by atoms with Crippen molar-refractivity contribution in [2.45, 2.75) is 31.0 Å². The van der Waals surface area contributed by atoms with Crippen LogP contribution in [0.1, 0.15) is 57.0 Å². The number of ether oxygens (including phenoxy) is 2. The van der Waals surface area contributed by atoms with Crippen LogP contribution in [-0.2, 0) is 9.47 Å². The zero-order chi connectivity index (χ0) is 23.5. The van der Waals surface area contributed by atoms with Crippen molar-refractivity contribution in [3.8, 4) is 0 Å². The molecule has 6 rings (SSSR count). The summed E-state index contributed by atoms with van der Waals surface area (Å²) in [5, 5.41) is 0. The molecule has 3 aromatic rings. The maximum Gasteiger partial charge on any atom is 0.178 e. The number of hydrogen-bond acceptors (Lipinski definition) is 4. The Balaban J connectivity index is 1.66. The monoisotopic (exact) mass is 516 g/mol. The molecular weight excluding hydrogens is 492 g/mol. The van der Waals surface area contributed by atoms with Crippen LogP contribution in [0.4, 0.5) is 0 Å². The van der Waals surface area contributed by atoms with Gasteiger partial charge in [-0.05, 0) is 23.3 Å². The molecule has 3 atom stereocenters. The minimum absolute atomic E-state index is 0.0884. The summed E-state index contributed by atoms with van der Waals surface area (Å²) in [5.41, 5.74) is 1.69. The van der Waals surface area contributed by atoms with E-state index < -0.39 is 23.0 Å². The second kappa shape index (κ2) is 7.98. The third kappa shape index (κ3) is 2.90. The third-order valence-corrected chi connectivity index (χ3v) is 8.63. The van der Waals surface area contributed by atoms with E-state index in [4.69, 9.17) is 9.47 Å². The Morgan fingerprint density at radius 1 is 0.765 bits per heavy atom. The highest BCUT2D eigenvalue weighted by Gasteiger charge is 2.70. The molecule has 34 heavy (non-hydrogen) atoms. The lowest BCUT2D eigenvalue weighted by atomic mass is 9.49. The van der Waals surface area contributed by atoms with Crippen molar-refractivity contribution in [1.82, 2.24) is 0 Å². The number of benzene rings is 3. The topological polar surface area (TPSA) is 52.6 Å². The van der Waals surface area contributed by atoms with Crippen LogP contribution in [0, 0.1) is 11.3 Å². The molecule has 3 aliphatic rings. The van der Waals surface area contributed by atoms with Gasteiger partial charge in [-0.2, -0.15) is 0 Å². The molecule has 0 unspecified atom stereocenters. The van der Waals surface area contributed by atoms with Gasteiger partial charge < -0.3 is 9.47 Å². The number of Topliss-reactive ketones (excluding diaryl/α,β-unsaturated/α-hetero) is 2. The van der Waals surface area contributed by atoms with E-state index in [1.165, 1.54) is 0 Å². The van der Waals surface area contributed by atoms with Gasteiger partial charge in [0, 0.05) is 39.8 Å². The Kier molecular flexibility index (Phi) is 5.14. The second-order valence-corrected chi connectivity index (χ2v) is 10.5. The van der Waals surface area contributed by atoms with Crippen LogP contribution < -0.4 is 0 Å². The van der Waals surface area contributed by atoms with E-state index in [2.05, 4.69) is 22.9 Å². The molecule has 0 aromatic heterocycles. The molecule has 0 radical (unpaired) electrons. The van der Waals surface area contributed by atoms with Gasteiger partial charge in [0.1, 0.15) is 5.41 Å². The normalized spacial score (nSPS) is 26.8. The first-order valence-electron chi connectivity index (χ1n) is 11.8. The van der Waals surface area contributed by atoms with E-state index in [0.29, 0.717) is 30.8 Å². The maximum absolute atomic E-state index is 14.5. The molecule has 2 aliphatic carbocycles. The molecule has 0 amide bonds. The van der Waals surface area contributed by atoms with Crippen molar-refractivity contribution in [3.05, 3.63) is 106 Å². The van der Waals surface area contributed by atoms with Crippen LogP contribution in [0.25, 0.3) is 0 Å². The maximum atomic E-state index is 14.5. The van der Waals surface area contributed by atoms with Crippen molar-refractivity contribution in [2.24, 2.45) is 11.3 Å². The summed E-state index contributed by atoms with van der Waals surface area (Å²) in [4.78, 5) is 28.9. The molecule has 0 N–H and O–H groups in total.